The zero-order chi connectivity index (χ0) is 15.2. The van der Waals surface area contributed by atoms with Crippen molar-refractivity contribution in [3.63, 3.8) is 0 Å². The Labute approximate surface area is 129 Å². The highest BCUT2D eigenvalue weighted by Gasteiger charge is 2.26. The van der Waals surface area contributed by atoms with Crippen LogP contribution in [0.2, 0.25) is 0 Å². The molecule has 2 heterocycles. The number of aromatic nitrogens is 2. The fraction of sp³-hybridized carbons (Fsp3) is 0.824. The molecule has 1 aliphatic heterocycles. The van der Waals surface area contributed by atoms with E-state index in [2.05, 4.69) is 54.9 Å². The van der Waals surface area contributed by atoms with Crippen molar-refractivity contribution in [3.8, 4) is 0 Å². The van der Waals surface area contributed by atoms with E-state index in [1.54, 1.807) is 0 Å². The number of hydrogen-bond donors (Lipinski definition) is 1. The summed E-state index contributed by atoms with van der Waals surface area (Å²) in [5.74, 6) is 0.735. The summed E-state index contributed by atoms with van der Waals surface area (Å²) in [6.07, 6.45) is 5.71. The third kappa shape index (κ3) is 4.07. The van der Waals surface area contributed by atoms with E-state index in [4.69, 9.17) is 5.10 Å². The van der Waals surface area contributed by atoms with Gasteiger partial charge in [-0.3, -0.25) is 9.58 Å². The van der Waals surface area contributed by atoms with Crippen LogP contribution in [0.4, 0.5) is 0 Å². The Balaban J connectivity index is 2.02. The highest BCUT2D eigenvalue weighted by molar-refractivity contribution is 5.01. The van der Waals surface area contributed by atoms with Crippen molar-refractivity contribution < 1.29 is 0 Å². The van der Waals surface area contributed by atoms with E-state index in [9.17, 15) is 0 Å². The molecule has 2 rings (SSSR count). The van der Waals surface area contributed by atoms with Gasteiger partial charge in [-0.2, -0.15) is 5.10 Å². The lowest BCUT2D eigenvalue weighted by molar-refractivity contribution is 0.107. The molecule has 1 N–H and O–H groups in total. The predicted molar refractivity (Wildman–Crippen MR) is 88.4 cm³/mol. The second-order valence-corrected chi connectivity index (χ2v) is 6.38. The predicted octanol–water partition coefficient (Wildman–Crippen LogP) is 3.06. The van der Waals surface area contributed by atoms with Gasteiger partial charge >= 0.3 is 0 Å². The third-order valence-corrected chi connectivity index (χ3v) is 5.04. The zero-order valence-corrected chi connectivity index (χ0v) is 14.2. The van der Waals surface area contributed by atoms with Gasteiger partial charge in [-0.1, -0.05) is 34.1 Å². The van der Waals surface area contributed by atoms with Crippen molar-refractivity contribution in [2.24, 2.45) is 5.92 Å². The van der Waals surface area contributed by atoms with Gasteiger partial charge < -0.3 is 5.32 Å². The summed E-state index contributed by atoms with van der Waals surface area (Å²) >= 11 is 0. The molecule has 4 nitrogen and oxygen atoms in total. The van der Waals surface area contributed by atoms with E-state index in [1.807, 2.05) is 0 Å². The summed E-state index contributed by atoms with van der Waals surface area (Å²) in [5.41, 5.74) is 1.22. The zero-order valence-electron chi connectivity index (χ0n) is 14.2. The average molecular weight is 292 g/mol. The highest BCUT2D eigenvalue weighted by atomic mass is 15.3. The maximum atomic E-state index is 4.82. The lowest BCUT2D eigenvalue weighted by atomic mass is 9.96. The molecule has 2 unspecified atom stereocenters. The second kappa shape index (κ2) is 7.95. The Bertz CT molecular complexity index is 411. The van der Waals surface area contributed by atoms with Crippen LogP contribution < -0.4 is 5.32 Å². The van der Waals surface area contributed by atoms with Crippen molar-refractivity contribution in [2.75, 3.05) is 19.6 Å². The Morgan fingerprint density at radius 2 is 2.05 bits per heavy atom. The number of piperazine rings is 1. The highest BCUT2D eigenvalue weighted by Crippen LogP contribution is 2.20. The van der Waals surface area contributed by atoms with Crippen LogP contribution in [0.25, 0.3) is 0 Å². The molecule has 1 aromatic rings. The molecule has 0 spiro atoms. The van der Waals surface area contributed by atoms with E-state index in [0.717, 1.165) is 44.9 Å². The molecule has 2 atom stereocenters. The maximum absolute atomic E-state index is 4.82. The first kappa shape index (κ1) is 16.5. The molecule has 1 fully saturated rings. The quantitative estimate of drug-likeness (QED) is 0.838. The Hall–Kier alpha value is -0.870. The summed E-state index contributed by atoms with van der Waals surface area (Å²) in [5, 5.41) is 8.36. The lowest BCUT2D eigenvalue weighted by Gasteiger charge is -2.39. The number of rotatable bonds is 7. The van der Waals surface area contributed by atoms with Gasteiger partial charge in [0.15, 0.2) is 0 Å². The number of nitrogens with one attached hydrogen (secondary N) is 1. The minimum atomic E-state index is 0.548. The molecular formula is C17H32N4. The summed E-state index contributed by atoms with van der Waals surface area (Å²) < 4.78 is 2.16. The Kier molecular flexibility index (Phi) is 6.24. The Morgan fingerprint density at radius 1 is 1.29 bits per heavy atom. The maximum Gasteiger partial charge on any atom is 0.0765 e. The first-order valence-electron chi connectivity index (χ1n) is 8.68. The smallest absolute Gasteiger partial charge is 0.0765 e. The van der Waals surface area contributed by atoms with Crippen LogP contribution in [0.15, 0.2) is 12.3 Å². The average Bonchev–Trinajstić information content (AvgIpc) is 2.97. The van der Waals surface area contributed by atoms with Crippen molar-refractivity contribution >= 4 is 0 Å². The van der Waals surface area contributed by atoms with E-state index < -0.39 is 0 Å². The fourth-order valence-electron chi connectivity index (χ4n) is 3.33. The molecule has 1 aromatic heterocycles. The third-order valence-electron chi connectivity index (χ3n) is 5.04. The molecule has 0 amide bonds. The van der Waals surface area contributed by atoms with E-state index >= 15 is 0 Å². The van der Waals surface area contributed by atoms with Crippen LogP contribution in [-0.2, 0) is 6.54 Å². The van der Waals surface area contributed by atoms with Crippen LogP contribution in [0.3, 0.4) is 0 Å². The minimum absolute atomic E-state index is 0.548. The molecule has 0 bridgehead atoms. The fourth-order valence-corrected chi connectivity index (χ4v) is 3.33. The van der Waals surface area contributed by atoms with E-state index in [0.29, 0.717) is 12.1 Å². The van der Waals surface area contributed by atoms with Gasteiger partial charge in [0.1, 0.15) is 0 Å². The molecule has 1 saturated heterocycles. The number of nitrogens with zero attached hydrogens (tertiary/aromatic N) is 3. The summed E-state index contributed by atoms with van der Waals surface area (Å²) in [6, 6.07) is 3.39. The van der Waals surface area contributed by atoms with Crippen molar-refractivity contribution in [2.45, 2.75) is 65.6 Å². The molecule has 0 radical (unpaired) electrons. The van der Waals surface area contributed by atoms with Gasteiger partial charge in [-0.05, 0) is 24.8 Å². The topological polar surface area (TPSA) is 33.1 Å². The molecule has 120 valence electrons. The van der Waals surface area contributed by atoms with Gasteiger partial charge in [0, 0.05) is 38.4 Å². The van der Waals surface area contributed by atoms with Crippen molar-refractivity contribution in [1.82, 2.24) is 20.0 Å². The molecule has 0 aromatic carbocycles. The van der Waals surface area contributed by atoms with Gasteiger partial charge in [0.25, 0.3) is 0 Å². The van der Waals surface area contributed by atoms with Gasteiger partial charge in [-0.15, -0.1) is 0 Å². The number of hydrogen-bond acceptors (Lipinski definition) is 3. The van der Waals surface area contributed by atoms with Crippen LogP contribution in [0.5, 0.6) is 0 Å². The van der Waals surface area contributed by atoms with Crippen molar-refractivity contribution in [3.05, 3.63) is 18.0 Å². The first-order chi connectivity index (χ1) is 10.2. The molecule has 0 aliphatic carbocycles. The first-order valence-corrected chi connectivity index (χ1v) is 8.68. The molecular weight excluding hydrogens is 260 g/mol. The van der Waals surface area contributed by atoms with Gasteiger partial charge in [0.2, 0.25) is 0 Å². The normalized spacial score (nSPS) is 21.9. The van der Waals surface area contributed by atoms with Crippen LogP contribution in [-0.4, -0.2) is 40.4 Å². The minimum Gasteiger partial charge on any atom is -0.314 e. The SMILES string of the molecule is CCC(C)C1CNCCN1Cc1ccn(C(CC)CC)n1. The van der Waals surface area contributed by atoms with Gasteiger partial charge in [0.05, 0.1) is 11.7 Å². The Morgan fingerprint density at radius 3 is 2.71 bits per heavy atom. The molecule has 1 aliphatic rings. The van der Waals surface area contributed by atoms with E-state index in [-0.39, 0.29) is 0 Å². The van der Waals surface area contributed by atoms with Crippen molar-refractivity contribution in [1.29, 1.82) is 0 Å². The lowest BCUT2D eigenvalue weighted by Crippen LogP contribution is -2.53. The summed E-state index contributed by atoms with van der Waals surface area (Å²) in [7, 11) is 0. The van der Waals surface area contributed by atoms with Crippen LogP contribution in [0.1, 0.15) is 58.7 Å². The monoisotopic (exact) mass is 292 g/mol. The summed E-state index contributed by atoms with van der Waals surface area (Å²) in [6.45, 7) is 13.5. The standard InChI is InChI=1S/C17H32N4/c1-5-14(4)17-12-18-9-11-20(17)13-15-8-10-21(19-15)16(6-2)7-3/h8,10,14,16-18H,5-7,9,11-13H2,1-4H3. The second-order valence-electron chi connectivity index (χ2n) is 6.38. The van der Waals surface area contributed by atoms with Gasteiger partial charge in [-0.25, -0.2) is 0 Å². The largest absolute Gasteiger partial charge is 0.314 e. The molecule has 21 heavy (non-hydrogen) atoms. The van der Waals surface area contributed by atoms with E-state index in [1.165, 1.54) is 12.1 Å². The molecule has 0 saturated carbocycles. The molecule has 4 heteroatoms. The van der Waals surface area contributed by atoms with Crippen LogP contribution >= 0.6 is 0 Å². The summed E-state index contributed by atoms with van der Waals surface area (Å²) in [4.78, 5) is 2.62. The van der Waals surface area contributed by atoms with Crippen LogP contribution in [0, 0.1) is 5.92 Å².